The van der Waals surface area contributed by atoms with Gasteiger partial charge in [-0.2, -0.15) is 5.26 Å². The highest BCUT2D eigenvalue weighted by atomic mass is 33.1. The van der Waals surface area contributed by atoms with Crippen molar-refractivity contribution in [3.05, 3.63) is 174 Å². The molecule has 2 aromatic heterocycles. The number of hydrogen-bond acceptors (Lipinski definition) is 18. The number of ether oxygens (including phenoxy) is 1. The molecule has 0 radical (unpaired) electrons. The molecule has 0 spiro atoms. The molecule has 0 saturated carbocycles. The fourth-order valence-electron chi connectivity index (χ4n) is 10.9. The number of rotatable bonds is 25. The van der Waals surface area contributed by atoms with E-state index < -0.39 is 115 Å². The Morgan fingerprint density at radius 2 is 1.24 bits per heavy atom. The molecule has 524 valence electrons. The molecule has 25 nitrogen and oxygen atoms in total. The van der Waals surface area contributed by atoms with E-state index in [-0.39, 0.29) is 55.9 Å². The zero-order valence-corrected chi connectivity index (χ0v) is 57.0. The molecule has 1 aliphatic heterocycles. The number of benzene rings is 5. The molecule has 7 amide bonds. The monoisotopic (exact) mass is 1380 g/mol. The predicted molar refractivity (Wildman–Crippen MR) is 379 cm³/mol. The van der Waals surface area contributed by atoms with Gasteiger partial charge < -0.3 is 89.1 Å². The maximum Gasteiger partial charge on any atom is 0.245 e. The Morgan fingerprint density at radius 3 is 1.88 bits per heavy atom. The summed E-state index contributed by atoms with van der Waals surface area (Å²) in [6.07, 6.45) is 2.06. The average molecular weight is 1380 g/mol. The van der Waals surface area contributed by atoms with Crippen LogP contribution in [-0.4, -0.2) is 182 Å². The van der Waals surface area contributed by atoms with Gasteiger partial charge in [-0.05, 0) is 113 Å². The maximum atomic E-state index is 14.7. The normalized spacial score (nSPS) is 20.0. The molecular formula is C71H91N13O12S2. The standard InChI is InChI=1S/C49H66N10O10S2.C22H25N3O2/c1-28(61)39(25-60)56-48(68)41-27-71-70-26-40(57-43(63)34(51)21-30-13-5-3-6-14-30)47(67)54-37(22-31-15-7-4-8-16-31)45(65)55-38(23-32-24-52-35-18-10-9-17-33(32)35)46(66)53-36(19-11-12-20-50)44(64)59-42(29(2)62)49(69)58-41;1-22(2,11-17-13-24-20-9-5-4-8-19(17)20)25-14-18(26)15-27-21-10-6-3-7-16(21)12-23/h3-10,13-18,24,28-29,34,36-42,52,60-62H,11-12,19-23,25-27,50-51H2,1-2H3,(H,53,66)(H,54,67)(H,55,65)(H,56,68)(H,57,63)(H,58,69)(H,59,64);3-10,13,18,24-26H,11,14-15H2,1-2H3/t28-,29?,34-,36+,37+,38-,39-,40+,41+,42+;/m1./s1. The van der Waals surface area contributed by atoms with Crippen LogP contribution in [0.2, 0.25) is 0 Å². The Morgan fingerprint density at radius 1 is 0.684 bits per heavy atom. The van der Waals surface area contributed by atoms with Gasteiger partial charge in [-0.3, -0.25) is 33.6 Å². The second-order valence-electron chi connectivity index (χ2n) is 24.8. The number of aliphatic hydroxyl groups excluding tert-OH is 4. The van der Waals surface area contributed by atoms with E-state index in [0.717, 1.165) is 50.0 Å². The molecule has 3 heterocycles. The van der Waals surface area contributed by atoms with Gasteiger partial charge in [-0.25, -0.2) is 0 Å². The number of nitriles is 1. The van der Waals surface area contributed by atoms with Crippen LogP contribution in [0.5, 0.6) is 5.75 Å². The smallest absolute Gasteiger partial charge is 0.245 e. The third-order valence-corrected chi connectivity index (χ3v) is 18.8. The summed E-state index contributed by atoms with van der Waals surface area (Å²) < 4.78 is 5.60. The third-order valence-electron chi connectivity index (χ3n) is 16.4. The Bertz CT molecular complexity index is 3780. The molecule has 2 unspecified atom stereocenters. The first-order chi connectivity index (χ1) is 47.1. The summed E-state index contributed by atoms with van der Waals surface area (Å²) in [6.45, 7) is 7.00. The Balaban J connectivity index is 0.000000414. The number of carbonyl (C=O) groups excluding carboxylic acids is 7. The molecule has 18 N–H and O–H groups in total. The summed E-state index contributed by atoms with van der Waals surface area (Å²) in [5.74, 6) is -5.51. The van der Waals surface area contributed by atoms with Crippen molar-refractivity contribution in [2.75, 3.05) is 37.8 Å². The number of fused-ring (bicyclic) bond motifs is 2. The summed E-state index contributed by atoms with van der Waals surface area (Å²) in [7, 11) is 2.06. The van der Waals surface area contributed by atoms with Gasteiger partial charge in [-0.15, -0.1) is 0 Å². The van der Waals surface area contributed by atoms with E-state index in [1.54, 1.807) is 79.0 Å². The first-order valence-corrected chi connectivity index (χ1v) is 35.1. The number of nitrogens with zero attached hydrogens (tertiary/aromatic N) is 1. The van der Waals surface area contributed by atoms with Crippen LogP contribution in [0.25, 0.3) is 21.8 Å². The van der Waals surface area contributed by atoms with Gasteiger partial charge in [0, 0.05) is 70.6 Å². The fraction of sp³-hybridized carbons (Fsp3) is 0.408. The van der Waals surface area contributed by atoms with E-state index in [2.05, 4.69) is 84.6 Å². The molecule has 1 saturated heterocycles. The number of β-amino-alcohol motifs (C(OH)–C–C–N with tert-alkyl or cyclic N) is 1. The zero-order valence-electron chi connectivity index (χ0n) is 55.4. The van der Waals surface area contributed by atoms with Crippen molar-refractivity contribution in [3.8, 4) is 11.8 Å². The first kappa shape index (κ1) is 76.5. The van der Waals surface area contributed by atoms with Crippen molar-refractivity contribution in [2.45, 2.75) is 145 Å². The van der Waals surface area contributed by atoms with Crippen LogP contribution in [0.15, 0.2) is 146 Å². The van der Waals surface area contributed by atoms with Crippen LogP contribution in [0.1, 0.15) is 74.8 Å². The van der Waals surface area contributed by atoms with E-state index in [9.17, 15) is 54.0 Å². The van der Waals surface area contributed by atoms with Gasteiger partial charge in [-0.1, -0.05) is 131 Å². The van der Waals surface area contributed by atoms with Crippen LogP contribution in [0.3, 0.4) is 0 Å². The van der Waals surface area contributed by atoms with Crippen molar-refractivity contribution in [2.24, 2.45) is 11.5 Å². The number of aliphatic hydroxyl groups is 4. The molecule has 27 heteroatoms. The fourth-order valence-corrected chi connectivity index (χ4v) is 13.2. The van der Waals surface area contributed by atoms with Crippen molar-refractivity contribution >= 4 is 84.7 Å². The summed E-state index contributed by atoms with van der Waals surface area (Å²) in [4.78, 5) is 106. The molecular weight excluding hydrogens is 1290 g/mol. The van der Waals surface area contributed by atoms with Crippen LogP contribution < -0.4 is 58.7 Å². The van der Waals surface area contributed by atoms with Crippen molar-refractivity contribution in [1.82, 2.24) is 52.5 Å². The summed E-state index contributed by atoms with van der Waals surface area (Å²) in [5.41, 5.74) is 17.7. The Labute approximate surface area is 577 Å². The molecule has 0 bridgehead atoms. The van der Waals surface area contributed by atoms with Crippen LogP contribution >= 0.6 is 21.6 Å². The number of para-hydroxylation sites is 3. The van der Waals surface area contributed by atoms with Gasteiger partial charge in [0.25, 0.3) is 0 Å². The van der Waals surface area contributed by atoms with Crippen molar-refractivity contribution in [1.29, 1.82) is 5.26 Å². The Hall–Kier alpha value is -8.82. The number of unbranched alkanes of at least 4 members (excludes halogenated alkanes) is 1. The number of amides is 7. The van der Waals surface area contributed by atoms with Gasteiger partial charge >= 0.3 is 0 Å². The minimum absolute atomic E-state index is 0.0340. The lowest BCUT2D eigenvalue weighted by Crippen LogP contribution is -2.62. The summed E-state index contributed by atoms with van der Waals surface area (Å²) >= 11 is 0. The number of aromatic nitrogens is 2. The van der Waals surface area contributed by atoms with Gasteiger partial charge in [0.05, 0.1) is 36.5 Å². The maximum absolute atomic E-state index is 14.7. The highest BCUT2D eigenvalue weighted by Gasteiger charge is 2.37. The average Bonchev–Trinajstić information content (AvgIpc) is 1.65. The molecule has 11 atom stereocenters. The quantitative estimate of drug-likeness (QED) is 0.0289. The van der Waals surface area contributed by atoms with E-state index in [4.69, 9.17) is 21.5 Å². The summed E-state index contributed by atoms with van der Waals surface area (Å²) in [6, 6.07) is 32.0. The first-order valence-electron chi connectivity index (χ1n) is 32.6. The largest absolute Gasteiger partial charge is 0.489 e. The predicted octanol–water partition coefficient (Wildman–Crippen LogP) is 2.58. The molecule has 1 fully saturated rings. The lowest BCUT2D eigenvalue weighted by Gasteiger charge is -2.29. The highest BCUT2D eigenvalue weighted by molar-refractivity contribution is 8.76. The van der Waals surface area contributed by atoms with E-state index in [1.165, 1.54) is 24.8 Å². The second kappa shape index (κ2) is 38.4. The summed E-state index contributed by atoms with van der Waals surface area (Å²) in [5, 5.41) is 74.5. The van der Waals surface area contributed by atoms with Gasteiger partial charge in [0.1, 0.15) is 60.8 Å². The Kier molecular flexibility index (Phi) is 30.0. The number of carbonyl (C=O) groups is 7. The van der Waals surface area contributed by atoms with Crippen LogP contribution in [-0.2, 0) is 59.2 Å². The minimum Gasteiger partial charge on any atom is -0.489 e. The number of aromatic amines is 2. The van der Waals surface area contributed by atoms with Gasteiger partial charge in [0.2, 0.25) is 41.4 Å². The SMILES string of the molecule is CC(C)(Cc1c[nH]c2ccccc12)NCC(O)COc1ccccc1C#N.CC(O)[C@@H]1NC(=O)[C@H](CCCCN)NC(=O)[C@@H](Cc2c[nH]c3ccccc23)NC(=O)[C@H](Cc2ccccc2)NC(=O)[C@@H](NC(=O)[C@H](N)Cc2ccccc2)CSSC[C@@H](C(=O)N[C@H](CO)[C@@H](C)O)NC1=O. The number of nitrogens with two attached hydrogens (primary N) is 2. The van der Waals surface area contributed by atoms with E-state index in [0.29, 0.717) is 41.8 Å². The van der Waals surface area contributed by atoms with Crippen molar-refractivity contribution in [3.63, 3.8) is 0 Å². The molecule has 7 aromatic rings. The third kappa shape index (κ3) is 23.4. The van der Waals surface area contributed by atoms with Crippen LogP contribution in [0, 0.1) is 11.3 Å². The number of H-pyrrole nitrogens is 2. The lowest BCUT2D eigenvalue weighted by atomic mass is 9.94. The van der Waals surface area contributed by atoms with Crippen molar-refractivity contribution < 1.29 is 58.7 Å². The topological polar surface area (TPSA) is 413 Å². The molecule has 1 aliphatic rings. The van der Waals surface area contributed by atoms with E-state index in [1.807, 2.05) is 54.7 Å². The number of nitrogens with one attached hydrogen (secondary N) is 10. The molecule has 5 aromatic carbocycles. The molecule has 98 heavy (non-hydrogen) atoms. The minimum atomic E-state index is -1.66. The zero-order chi connectivity index (χ0) is 70.7. The number of hydrogen-bond donors (Lipinski definition) is 16. The van der Waals surface area contributed by atoms with Gasteiger partial charge in [0.15, 0.2) is 0 Å². The van der Waals surface area contributed by atoms with E-state index >= 15 is 0 Å². The molecule has 8 rings (SSSR count). The lowest BCUT2D eigenvalue weighted by molar-refractivity contribution is -0.136. The van der Waals surface area contributed by atoms with Crippen LogP contribution in [0.4, 0.5) is 0 Å². The second-order valence-corrected chi connectivity index (χ2v) is 27.4. The molecule has 0 aliphatic carbocycles. The highest BCUT2D eigenvalue weighted by Crippen LogP contribution is 2.26.